The van der Waals surface area contributed by atoms with Gasteiger partial charge in [-0.15, -0.1) is 0 Å². The Morgan fingerprint density at radius 3 is 2.28 bits per heavy atom. The summed E-state index contributed by atoms with van der Waals surface area (Å²) in [6.45, 7) is 6.59. The molecule has 0 aliphatic heterocycles. The molecule has 1 aromatic heterocycles. The zero-order chi connectivity index (χ0) is 25.3. The van der Waals surface area contributed by atoms with Crippen LogP contribution < -0.4 is 15.6 Å². The fourth-order valence-corrected chi connectivity index (χ4v) is 5.52. The van der Waals surface area contributed by atoms with Gasteiger partial charge in [-0.25, -0.2) is 0 Å². The molecule has 0 saturated heterocycles. The van der Waals surface area contributed by atoms with E-state index in [-0.39, 0.29) is 11.6 Å². The van der Waals surface area contributed by atoms with E-state index in [1.807, 2.05) is 42.5 Å². The Morgan fingerprint density at radius 2 is 1.64 bits per heavy atom. The highest BCUT2D eigenvalue weighted by molar-refractivity contribution is 5.88. The summed E-state index contributed by atoms with van der Waals surface area (Å²) < 4.78 is 6.08. The predicted octanol–water partition coefficient (Wildman–Crippen LogP) is 5.15. The van der Waals surface area contributed by atoms with Gasteiger partial charge in [0.25, 0.3) is 0 Å². The summed E-state index contributed by atoms with van der Waals surface area (Å²) in [5.74, 6) is 0.582. The average molecular weight is 483 g/mol. The fraction of sp³-hybridized carbons (Fsp3) is 0.323. The number of hydrogen-bond donors (Lipinski definition) is 3. The molecule has 0 fully saturated rings. The summed E-state index contributed by atoms with van der Waals surface area (Å²) in [5, 5.41) is 15.9. The molecule has 0 saturated carbocycles. The number of aryl methyl sites for hydroxylation is 2. The molecule has 0 unspecified atom stereocenters. The van der Waals surface area contributed by atoms with Crippen LogP contribution in [0.25, 0.3) is 10.9 Å². The third kappa shape index (κ3) is 4.81. The van der Waals surface area contributed by atoms with Crippen molar-refractivity contribution in [3.8, 4) is 5.75 Å². The van der Waals surface area contributed by atoms with Gasteiger partial charge in [0, 0.05) is 23.1 Å². The number of aromatic nitrogens is 1. The molecular formula is C31H34N2O3. The number of fused-ring (bicyclic) bond motifs is 2. The second-order valence-electron chi connectivity index (χ2n) is 9.92. The van der Waals surface area contributed by atoms with Crippen LogP contribution in [-0.4, -0.2) is 16.1 Å². The minimum Gasteiger partial charge on any atom is -0.487 e. The van der Waals surface area contributed by atoms with Gasteiger partial charge in [-0.1, -0.05) is 62.4 Å². The average Bonchev–Trinajstić information content (AvgIpc) is 3.26. The molecule has 0 bridgehead atoms. The highest BCUT2D eigenvalue weighted by atomic mass is 16.5. The molecule has 5 heteroatoms. The van der Waals surface area contributed by atoms with Gasteiger partial charge in [0.2, 0.25) is 5.56 Å². The van der Waals surface area contributed by atoms with Crippen LogP contribution in [0.2, 0.25) is 0 Å². The zero-order valence-electron chi connectivity index (χ0n) is 21.2. The standard InChI is InChI=1S/C31H34N2O3/c1-4-21-15-23-17-25(18-24(23)16-22(21)5-2)33-31(3,35)27-12-13-28(30-26(27)11-14-29(34)32-30)36-19-20-9-7-6-8-10-20/h6-16,25,33,35H,4-5,17-19H2,1-3H3,(H,32,34)/t31-/m1/s1. The molecule has 0 radical (unpaired) electrons. The molecule has 3 N–H and O–H groups in total. The summed E-state index contributed by atoms with van der Waals surface area (Å²) in [7, 11) is 0. The van der Waals surface area contributed by atoms with Crippen LogP contribution >= 0.6 is 0 Å². The van der Waals surface area contributed by atoms with E-state index in [1.54, 1.807) is 13.0 Å². The third-order valence-corrected chi connectivity index (χ3v) is 7.32. The van der Waals surface area contributed by atoms with Crippen molar-refractivity contribution >= 4 is 10.9 Å². The van der Waals surface area contributed by atoms with Crippen molar-refractivity contribution in [2.75, 3.05) is 0 Å². The fourth-order valence-electron chi connectivity index (χ4n) is 5.52. The molecule has 1 aliphatic carbocycles. The Kier molecular flexibility index (Phi) is 6.69. The summed E-state index contributed by atoms with van der Waals surface area (Å²) in [5.41, 5.74) is 6.43. The summed E-state index contributed by atoms with van der Waals surface area (Å²) >= 11 is 0. The first-order chi connectivity index (χ1) is 17.4. The molecule has 1 heterocycles. The lowest BCUT2D eigenvalue weighted by molar-refractivity contribution is 0.0101. The molecule has 186 valence electrons. The van der Waals surface area contributed by atoms with E-state index in [9.17, 15) is 9.90 Å². The topological polar surface area (TPSA) is 74.3 Å². The molecule has 0 spiro atoms. The van der Waals surface area contributed by atoms with Crippen LogP contribution in [0.4, 0.5) is 0 Å². The second-order valence-corrected chi connectivity index (χ2v) is 9.92. The van der Waals surface area contributed by atoms with Crippen LogP contribution in [0, 0.1) is 0 Å². The number of ether oxygens (including phenoxy) is 1. The van der Waals surface area contributed by atoms with Gasteiger partial charge < -0.3 is 14.8 Å². The van der Waals surface area contributed by atoms with Crippen molar-refractivity contribution in [3.05, 3.63) is 110 Å². The van der Waals surface area contributed by atoms with Crippen LogP contribution in [0.3, 0.4) is 0 Å². The number of rotatable bonds is 8. The first-order valence-corrected chi connectivity index (χ1v) is 12.8. The number of aromatic amines is 1. The van der Waals surface area contributed by atoms with E-state index in [0.29, 0.717) is 23.4 Å². The monoisotopic (exact) mass is 482 g/mol. The lowest BCUT2D eigenvalue weighted by Crippen LogP contribution is -2.46. The number of hydrogen-bond acceptors (Lipinski definition) is 4. The van der Waals surface area contributed by atoms with Gasteiger partial charge >= 0.3 is 0 Å². The van der Waals surface area contributed by atoms with Gasteiger partial charge in [-0.2, -0.15) is 0 Å². The van der Waals surface area contributed by atoms with Gasteiger partial charge in [0.15, 0.2) is 0 Å². The minimum absolute atomic E-state index is 0.124. The maximum Gasteiger partial charge on any atom is 0.248 e. The number of aliphatic hydroxyl groups is 1. The van der Waals surface area contributed by atoms with Crippen molar-refractivity contribution < 1.29 is 9.84 Å². The maximum atomic E-state index is 12.2. The predicted molar refractivity (Wildman–Crippen MR) is 144 cm³/mol. The molecule has 5 nitrogen and oxygen atoms in total. The van der Waals surface area contributed by atoms with E-state index in [0.717, 1.165) is 36.6 Å². The Hall–Kier alpha value is -3.41. The van der Waals surface area contributed by atoms with Crippen molar-refractivity contribution in [3.63, 3.8) is 0 Å². The van der Waals surface area contributed by atoms with Crippen LogP contribution in [0.5, 0.6) is 5.75 Å². The van der Waals surface area contributed by atoms with Gasteiger partial charge in [-0.05, 0) is 72.6 Å². The Labute approximate surface area is 212 Å². The summed E-state index contributed by atoms with van der Waals surface area (Å²) in [6.07, 6.45) is 3.84. The molecule has 3 aromatic carbocycles. The second kappa shape index (κ2) is 9.92. The normalized spacial score (nSPS) is 15.1. The van der Waals surface area contributed by atoms with Crippen molar-refractivity contribution in [1.29, 1.82) is 0 Å². The summed E-state index contributed by atoms with van der Waals surface area (Å²) in [6, 6.07) is 21.7. The number of nitrogens with one attached hydrogen (secondary N) is 2. The molecule has 1 atom stereocenters. The molecule has 1 aliphatic rings. The third-order valence-electron chi connectivity index (χ3n) is 7.32. The quantitative estimate of drug-likeness (QED) is 0.304. The first-order valence-electron chi connectivity index (χ1n) is 12.8. The smallest absolute Gasteiger partial charge is 0.248 e. The highest BCUT2D eigenvalue weighted by Gasteiger charge is 2.32. The Morgan fingerprint density at radius 1 is 0.972 bits per heavy atom. The SMILES string of the molecule is CCc1cc2c(cc1CC)CC(N[C@](C)(O)c1ccc(OCc3ccccc3)c3[nH]c(=O)ccc13)C2. The van der Waals surface area contributed by atoms with Crippen LogP contribution in [0.15, 0.2) is 71.5 Å². The highest BCUT2D eigenvalue weighted by Crippen LogP contribution is 2.34. The molecule has 36 heavy (non-hydrogen) atoms. The molecular weight excluding hydrogens is 448 g/mol. The lowest BCUT2D eigenvalue weighted by Gasteiger charge is -2.30. The van der Waals surface area contributed by atoms with Crippen LogP contribution in [0.1, 0.15) is 54.2 Å². The van der Waals surface area contributed by atoms with E-state index < -0.39 is 5.72 Å². The van der Waals surface area contributed by atoms with E-state index in [1.165, 1.54) is 28.3 Å². The van der Waals surface area contributed by atoms with Gasteiger partial charge in [0.05, 0.1) is 5.52 Å². The van der Waals surface area contributed by atoms with Gasteiger partial charge in [0.1, 0.15) is 18.1 Å². The van der Waals surface area contributed by atoms with Gasteiger partial charge in [-0.3, -0.25) is 10.1 Å². The minimum atomic E-state index is -1.29. The van der Waals surface area contributed by atoms with Crippen molar-refractivity contribution in [1.82, 2.24) is 10.3 Å². The van der Waals surface area contributed by atoms with Crippen molar-refractivity contribution in [2.45, 2.75) is 64.8 Å². The Balaban J connectivity index is 1.41. The number of benzene rings is 3. The Bertz CT molecular complexity index is 1410. The lowest BCUT2D eigenvalue weighted by atomic mass is 9.97. The maximum absolute atomic E-state index is 12.2. The largest absolute Gasteiger partial charge is 0.487 e. The van der Waals surface area contributed by atoms with E-state index in [4.69, 9.17) is 4.74 Å². The summed E-state index contributed by atoms with van der Waals surface area (Å²) in [4.78, 5) is 15.1. The molecule has 0 amide bonds. The first kappa shape index (κ1) is 24.3. The van der Waals surface area contributed by atoms with Crippen molar-refractivity contribution in [2.24, 2.45) is 0 Å². The molecule has 5 rings (SSSR count). The number of pyridine rings is 1. The van der Waals surface area contributed by atoms with E-state index in [2.05, 4.69) is 36.3 Å². The molecule has 4 aromatic rings. The van der Waals surface area contributed by atoms with E-state index >= 15 is 0 Å². The van der Waals surface area contributed by atoms with Crippen LogP contribution in [-0.2, 0) is 38.0 Å². The number of H-pyrrole nitrogens is 1. The zero-order valence-corrected chi connectivity index (χ0v) is 21.2.